The molecule has 35 heavy (non-hydrogen) atoms. The zero-order valence-electron chi connectivity index (χ0n) is 19.5. The topological polar surface area (TPSA) is 60.2 Å². The molecular weight excluding hydrogens is 458 g/mol. The number of aromatic nitrogens is 3. The number of rotatable bonds is 2. The summed E-state index contributed by atoms with van der Waals surface area (Å²) in [6.45, 7) is 0. The lowest BCUT2D eigenvalue weighted by Gasteiger charge is -2.30. The molecule has 174 valence electrons. The van der Waals surface area contributed by atoms with Gasteiger partial charge in [-0.25, -0.2) is 9.97 Å². The Morgan fingerprint density at radius 2 is 1.83 bits per heavy atom. The largest absolute Gasteiger partial charge is 0.481 e. The Balaban J connectivity index is 1.73. The van der Waals surface area contributed by atoms with Crippen molar-refractivity contribution in [1.29, 1.82) is 0 Å². The average Bonchev–Trinajstić information content (AvgIpc) is 3.32. The molecule has 0 radical (unpaired) electrons. The van der Waals surface area contributed by atoms with E-state index in [2.05, 4.69) is 34.2 Å². The highest BCUT2D eigenvalue weighted by atomic mass is 35.5. The zero-order chi connectivity index (χ0) is 24.2. The Morgan fingerprint density at radius 3 is 2.63 bits per heavy atom. The molecule has 1 aliphatic carbocycles. The molecule has 0 aliphatic heterocycles. The number of halogens is 1. The molecule has 0 amide bonds. The van der Waals surface area contributed by atoms with Gasteiger partial charge in [-0.2, -0.15) is 0 Å². The zero-order valence-corrected chi connectivity index (χ0v) is 20.3. The van der Waals surface area contributed by atoms with E-state index in [1.807, 2.05) is 54.1 Å². The number of aryl methyl sites for hydroxylation is 3. The Morgan fingerprint density at radius 1 is 1.00 bits per heavy atom. The molecule has 0 fully saturated rings. The number of methoxy groups -OCH3 is 1. The predicted octanol–water partition coefficient (Wildman–Crippen LogP) is 5.68. The third-order valence-corrected chi connectivity index (χ3v) is 7.35. The molecule has 1 aliphatic rings. The summed E-state index contributed by atoms with van der Waals surface area (Å²) in [5, 5.41) is 14.2. The fourth-order valence-corrected chi connectivity index (χ4v) is 5.32. The van der Waals surface area contributed by atoms with Crippen molar-refractivity contribution in [3.63, 3.8) is 0 Å². The second kappa shape index (κ2) is 8.22. The standard InChI is InChI=1S/C29H24ClN3O2/c1-33-17-31-16-27(33)29(34)21-8-10-25(30)20(13-21)7-6-18-4-3-5-19(12-18)23-15-28(35-2)32-26-11-9-22(29)14-24(23)26/h3-5,8-17,34H,6-7H2,1-2H3. The summed E-state index contributed by atoms with van der Waals surface area (Å²) < 4.78 is 7.38. The summed E-state index contributed by atoms with van der Waals surface area (Å²) in [6, 6.07) is 22.2. The van der Waals surface area contributed by atoms with Gasteiger partial charge < -0.3 is 14.4 Å². The fraction of sp³-hybridized carbons (Fsp3) is 0.172. The maximum absolute atomic E-state index is 12.5. The summed E-state index contributed by atoms with van der Waals surface area (Å²) in [5.41, 5.74) is 5.79. The van der Waals surface area contributed by atoms with Gasteiger partial charge in [-0.15, -0.1) is 0 Å². The first kappa shape index (κ1) is 21.8. The van der Waals surface area contributed by atoms with Crippen LogP contribution < -0.4 is 4.74 Å². The van der Waals surface area contributed by atoms with Crippen LogP contribution in [0.2, 0.25) is 5.02 Å². The lowest BCUT2D eigenvalue weighted by Crippen LogP contribution is -2.31. The van der Waals surface area contributed by atoms with Crippen LogP contribution in [0.1, 0.15) is 27.9 Å². The molecule has 6 rings (SSSR count). The third kappa shape index (κ3) is 3.51. The van der Waals surface area contributed by atoms with E-state index < -0.39 is 5.60 Å². The van der Waals surface area contributed by atoms with Crippen LogP contribution >= 0.6 is 11.6 Å². The van der Waals surface area contributed by atoms with Gasteiger partial charge in [0, 0.05) is 23.5 Å². The highest BCUT2D eigenvalue weighted by molar-refractivity contribution is 6.31. The number of imidazole rings is 1. The lowest BCUT2D eigenvalue weighted by atomic mass is 9.82. The molecule has 2 heterocycles. The minimum absolute atomic E-state index is 0.551. The van der Waals surface area contributed by atoms with Gasteiger partial charge in [0.05, 0.1) is 30.8 Å². The van der Waals surface area contributed by atoms with Crippen LogP contribution in [0, 0.1) is 0 Å². The Bertz CT molecular complexity index is 1590. The number of ether oxygens (including phenoxy) is 1. The minimum atomic E-state index is -1.44. The molecule has 5 aromatic rings. The fourth-order valence-electron chi connectivity index (χ4n) is 5.10. The molecule has 6 heteroatoms. The molecule has 0 saturated carbocycles. The Labute approximate surface area is 208 Å². The van der Waals surface area contributed by atoms with Crippen molar-refractivity contribution in [2.45, 2.75) is 18.4 Å². The summed E-state index contributed by atoms with van der Waals surface area (Å²) >= 11 is 6.63. The molecule has 1 unspecified atom stereocenters. The Hall–Kier alpha value is -3.67. The van der Waals surface area contributed by atoms with Gasteiger partial charge in [-0.3, -0.25) is 0 Å². The highest BCUT2D eigenvalue weighted by Crippen LogP contribution is 2.41. The number of fused-ring (bicyclic) bond motifs is 6. The van der Waals surface area contributed by atoms with Crippen LogP contribution in [0.5, 0.6) is 5.88 Å². The van der Waals surface area contributed by atoms with E-state index in [0.29, 0.717) is 16.6 Å². The quantitative estimate of drug-likeness (QED) is 0.352. The summed E-state index contributed by atoms with van der Waals surface area (Å²) in [5.74, 6) is 0.551. The summed E-state index contributed by atoms with van der Waals surface area (Å²) in [4.78, 5) is 8.99. The van der Waals surface area contributed by atoms with Crippen molar-refractivity contribution < 1.29 is 9.84 Å². The summed E-state index contributed by atoms with van der Waals surface area (Å²) in [7, 11) is 3.52. The van der Waals surface area contributed by atoms with E-state index in [1.165, 1.54) is 5.56 Å². The van der Waals surface area contributed by atoms with Crippen molar-refractivity contribution in [3.05, 3.63) is 112 Å². The maximum Gasteiger partial charge on any atom is 0.214 e. The highest BCUT2D eigenvalue weighted by Gasteiger charge is 2.37. The van der Waals surface area contributed by atoms with Crippen LogP contribution in [0.15, 0.2) is 79.3 Å². The maximum atomic E-state index is 12.5. The van der Waals surface area contributed by atoms with Crippen molar-refractivity contribution in [3.8, 4) is 17.0 Å². The van der Waals surface area contributed by atoms with Crippen molar-refractivity contribution in [2.24, 2.45) is 7.05 Å². The van der Waals surface area contributed by atoms with E-state index in [4.69, 9.17) is 16.3 Å². The van der Waals surface area contributed by atoms with Crippen molar-refractivity contribution in [2.75, 3.05) is 7.11 Å². The van der Waals surface area contributed by atoms with E-state index in [9.17, 15) is 5.11 Å². The van der Waals surface area contributed by atoms with E-state index in [-0.39, 0.29) is 0 Å². The van der Waals surface area contributed by atoms with Gasteiger partial charge in [-0.1, -0.05) is 54.1 Å². The van der Waals surface area contributed by atoms with Gasteiger partial charge in [0.1, 0.15) is 0 Å². The average molecular weight is 482 g/mol. The first-order valence-electron chi connectivity index (χ1n) is 11.5. The molecular formula is C29H24ClN3O2. The lowest BCUT2D eigenvalue weighted by molar-refractivity contribution is 0.117. The van der Waals surface area contributed by atoms with Gasteiger partial charge in [0.2, 0.25) is 5.88 Å². The predicted molar refractivity (Wildman–Crippen MR) is 138 cm³/mol. The number of aliphatic hydroxyl groups is 1. The second-order valence-corrected chi connectivity index (χ2v) is 9.46. The molecule has 3 aromatic carbocycles. The SMILES string of the molecule is COc1cc2c3cc(ccc3n1)C(O)(c1cncn1C)c1ccc(Cl)c(c1)CCc1cccc-2c1. The molecule has 1 N–H and O–H groups in total. The minimum Gasteiger partial charge on any atom is -0.481 e. The van der Waals surface area contributed by atoms with Gasteiger partial charge >= 0.3 is 0 Å². The Kier molecular flexibility index (Phi) is 5.13. The smallest absolute Gasteiger partial charge is 0.214 e. The van der Waals surface area contributed by atoms with Crippen LogP contribution in [-0.4, -0.2) is 26.8 Å². The summed E-state index contributed by atoms with van der Waals surface area (Å²) in [6.07, 6.45) is 5.00. The van der Waals surface area contributed by atoms with Gasteiger partial charge in [0.25, 0.3) is 0 Å². The second-order valence-electron chi connectivity index (χ2n) is 9.05. The van der Waals surface area contributed by atoms with Crippen LogP contribution in [0.3, 0.4) is 0 Å². The number of nitrogens with zero attached hydrogens (tertiary/aromatic N) is 3. The number of pyridine rings is 1. The van der Waals surface area contributed by atoms with Crippen molar-refractivity contribution in [1.82, 2.24) is 14.5 Å². The first-order chi connectivity index (χ1) is 17.0. The normalized spacial score (nSPS) is 17.0. The van der Waals surface area contributed by atoms with Crippen LogP contribution in [0.4, 0.5) is 0 Å². The molecule has 1 atom stereocenters. The number of hydrogen-bond acceptors (Lipinski definition) is 4. The van der Waals surface area contributed by atoms with Crippen molar-refractivity contribution >= 4 is 22.5 Å². The number of benzene rings is 3. The molecule has 0 saturated heterocycles. The third-order valence-electron chi connectivity index (χ3n) is 6.98. The molecule has 6 bridgehead atoms. The van der Waals surface area contributed by atoms with Crippen LogP contribution in [-0.2, 0) is 25.5 Å². The first-order valence-corrected chi connectivity index (χ1v) is 11.9. The van der Waals surface area contributed by atoms with Gasteiger partial charge in [-0.05, 0) is 64.4 Å². The molecule has 5 nitrogen and oxygen atoms in total. The van der Waals surface area contributed by atoms with E-state index in [1.54, 1.807) is 19.6 Å². The van der Waals surface area contributed by atoms with Gasteiger partial charge in [0.15, 0.2) is 5.60 Å². The monoisotopic (exact) mass is 481 g/mol. The van der Waals surface area contributed by atoms with Crippen LogP contribution in [0.25, 0.3) is 22.0 Å². The molecule has 2 aromatic heterocycles. The number of hydrogen-bond donors (Lipinski definition) is 1. The molecule has 0 spiro atoms. The van der Waals surface area contributed by atoms with E-state index in [0.717, 1.165) is 51.6 Å². The van der Waals surface area contributed by atoms with E-state index >= 15 is 0 Å².